The van der Waals surface area contributed by atoms with Crippen molar-refractivity contribution in [2.45, 2.75) is 65.5 Å². The van der Waals surface area contributed by atoms with Gasteiger partial charge in [0.25, 0.3) is 0 Å². The number of carbonyl (C=O) groups is 1. The number of fused-ring (bicyclic) bond motifs is 2. The van der Waals surface area contributed by atoms with Crippen molar-refractivity contribution in [1.29, 1.82) is 0 Å². The standard InChI is InChI=1S/C34H47FN6O2/c1-20(2)26-10-6-21(3)16-29(26)43-33(42)30-23-7-8-24(18-23)31(30)38-32-27(35)19-36-34(39-32)37-25-9-11-28(22(4)17-25)41-14-12-40(5)13-15-41/h7-9,11,17,19-21,23-24,26,29-31H,6,10,12-16,18H2,1-5H3,(H2,36,37,38,39)/t21-,23?,24?,26?,29-,30?,31?/m0/s1. The second-order valence-corrected chi connectivity index (χ2v) is 13.8. The van der Waals surface area contributed by atoms with Crippen LogP contribution in [-0.4, -0.2) is 66.2 Å². The topological polar surface area (TPSA) is 82.6 Å². The molecule has 2 N–H and O–H groups in total. The van der Waals surface area contributed by atoms with E-state index in [1.807, 2.05) is 6.07 Å². The van der Waals surface area contributed by atoms with Gasteiger partial charge >= 0.3 is 5.97 Å². The Morgan fingerprint density at radius 3 is 2.60 bits per heavy atom. The number of ether oxygens (including phenoxy) is 1. The third kappa shape index (κ3) is 6.37. The van der Waals surface area contributed by atoms with Crippen molar-refractivity contribution in [1.82, 2.24) is 14.9 Å². The lowest BCUT2D eigenvalue weighted by Gasteiger charge is -2.38. The molecule has 4 aliphatic rings. The van der Waals surface area contributed by atoms with E-state index in [1.54, 1.807) is 0 Å². The van der Waals surface area contributed by atoms with Crippen molar-refractivity contribution < 1.29 is 13.9 Å². The monoisotopic (exact) mass is 590 g/mol. The molecule has 0 amide bonds. The highest BCUT2D eigenvalue weighted by molar-refractivity contribution is 5.76. The van der Waals surface area contributed by atoms with E-state index >= 15 is 4.39 Å². The van der Waals surface area contributed by atoms with Gasteiger partial charge in [0.2, 0.25) is 5.95 Å². The fourth-order valence-corrected chi connectivity index (χ4v) is 7.77. The van der Waals surface area contributed by atoms with Crippen LogP contribution in [0.3, 0.4) is 0 Å². The maximum atomic E-state index is 15.1. The molecular weight excluding hydrogens is 543 g/mol. The van der Waals surface area contributed by atoms with Crippen LogP contribution in [0.1, 0.15) is 52.0 Å². The van der Waals surface area contributed by atoms with Crippen molar-refractivity contribution in [2.75, 3.05) is 48.8 Å². The average Bonchev–Trinajstić information content (AvgIpc) is 3.58. The molecule has 7 atom stereocenters. The Balaban J connectivity index is 1.15. The number of esters is 1. The molecule has 43 heavy (non-hydrogen) atoms. The van der Waals surface area contributed by atoms with Gasteiger partial charge in [-0.2, -0.15) is 4.98 Å². The number of halogens is 1. The van der Waals surface area contributed by atoms with Crippen LogP contribution in [0.15, 0.2) is 36.5 Å². The first-order chi connectivity index (χ1) is 20.7. The zero-order valence-corrected chi connectivity index (χ0v) is 26.2. The van der Waals surface area contributed by atoms with Gasteiger partial charge in [-0.25, -0.2) is 9.37 Å². The molecule has 0 radical (unpaired) electrons. The van der Waals surface area contributed by atoms with E-state index < -0.39 is 5.82 Å². The summed E-state index contributed by atoms with van der Waals surface area (Å²) < 4.78 is 21.4. The first kappa shape index (κ1) is 29.9. The van der Waals surface area contributed by atoms with Crippen LogP contribution in [0.4, 0.5) is 27.5 Å². The Labute approximate surface area is 255 Å². The number of hydrogen-bond donors (Lipinski definition) is 2. The van der Waals surface area contributed by atoms with E-state index in [2.05, 4.69) is 89.4 Å². The van der Waals surface area contributed by atoms with Crippen molar-refractivity contribution >= 4 is 29.1 Å². The number of allylic oxidation sites excluding steroid dienone is 1. The number of nitrogens with one attached hydrogen (secondary N) is 2. The Morgan fingerprint density at radius 1 is 1.09 bits per heavy atom. The molecule has 3 fully saturated rings. The number of nitrogens with zero attached hydrogens (tertiary/aromatic N) is 4. The highest BCUT2D eigenvalue weighted by Gasteiger charge is 2.50. The summed E-state index contributed by atoms with van der Waals surface area (Å²) in [4.78, 5) is 27.2. The fourth-order valence-electron chi connectivity index (χ4n) is 7.77. The number of hydrogen-bond acceptors (Lipinski definition) is 8. The predicted molar refractivity (Wildman–Crippen MR) is 169 cm³/mol. The summed E-state index contributed by atoms with van der Waals surface area (Å²) >= 11 is 0. The van der Waals surface area contributed by atoms with Crippen LogP contribution in [-0.2, 0) is 9.53 Å². The number of rotatable bonds is 8. The molecule has 0 spiro atoms. The lowest BCUT2D eigenvalue weighted by molar-refractivity contribution is -0.162. The molecule has 2 heterocycles. The highest BCUT2D eigenvalue weighted by atomic mass is 19.1. The molecule has 6 rings (SSSR count). The van der Waals surface area contributed by atoms with Crippen molar-refractivity contribution in [3.05, 3.63) is 47.9 Å². The minimum absolute atomic E-state index is 0.0577. The third-order valence-corrected chi connectivity index (χ3v) is 10.3. The van der Waals surface area contributed by atoms with Crippen LogP contribution in [0.2, 0.25) is 0 Å². The summed E-state index contributed by atoms with van der Waals surface area (Å²) in [5.74, 6) is 0.976. The van der Waals surface area contributed by atoms with E-state index in [1.165, 1.54) is 18.3 Å². The van der Waals surface area contributed by atoms with E-state index in [9.17, 15) is 4.79 Å². The van der Waals surface area contributed by atoms with Crippen LogP contribution in [0.25, 0.3) is 0 Å². The van der Waals surface area contributed by atoms with Crippen molar-refractivity contribution in [2.24, 2.45) is 35.5 Å². The largest absolute Gasteiger partial charge is 0.462 e. The van der Waals surface area contributed by atoms with Gasteiger partial charge in [0.15, 0.2) is 11.6 Å². The normalized spacial score (nSPS) is 30.6. The summed E-state index contributed by atoms with van der Waals surface area (Å²) in [6.45, 7) is 12.9. The summed E-state index contributed by atoms with van der Waals surface area (Å²) in [7, 11) is 2.16. The Bertz CT molecular complexity index is 1340. The predicted octanol–water partition coefficient (Wildman–Crippen LogP) is 6.03. The zero-order valence-electron chi connectivity index (χ0n) is 26.2. The maximum absolute atomic E-state index is 15.1. The maximum Gasteiger partial charge on any atom is 0.311 e. The molecule has 2 saturated carbocycles. The third-order valence-electron chi connectivity index (χ3n) is 10.3. The Kier molecular flexibility index (Phi) is 8.63. The van der Waals surface area contributed by atoms with Gasteiger partial charge in [0, 0.05) is 43.6 Å². The number of piperazine rings is 1. The van der Waals surface area contributed by atoms with Crippen molar-refractivity contribution in [3.8, 4) is 0 Å². The average molecular weight is 591 g/mol. The van der Waals surface area contributed by atoms with E-state index in [0.717, 1.165) is 56.7 Å². The minimum Gasteiger partial charge on any atom is -0.462 e. The smallest absolute Gasteiger partial charge is 0.311 e. The van der Waals surface area contributed by atoms with Crippen LogP contribution < -0.4 is 15.5 Å². The van der Waals surface area contributed by atoms with E-state index in [0.29, 0.717) is 23.7 Å². The van der Waals surface area contributed by atoms with Crippen LogP contribution in [0.5, 0.6) is 0 Å². The number of anilines is 4. The van der Waals surface area contributed by atoms with Gasteiger partial charge in [-0.3, -0.25) is 4.79 Å². The van der Waals surface area contributed by atoms with Gasteiger partial charge in [-0.15, -0.1) is 0 Å². The van der Waals surface area contributed by atoms with Gasteiger partial charge in [-0.1, -0.05) is 39.3 Å². The number of carbonyl (C=O) groups excluding carboxylic acids is 1. The molecule has 1 aliphatic heterocycles. The van der Waals surface area contributed by atoms with Crippen LogP contribution in [0, 0.1) is 48.2 Å². The highest BCUT2D eigenvalue weighted by Crippen LogP contribution is 2.46. The molecule has 8 nitrogen and oxygen atoms in total. The Morgan fingerprint density at radius 2 is 1.86 bits per heavy atom. The molecule has 232 valence electrons. The first-order valence-electron chi connectivity index (χ1n) is 16.1. The van der Waals surface area contributed by atoms with Gasteiger partial charge in [-0.05, 0) is 86.6 Å². The molecule has 1 saturated heterocycles. The molecule has 1 aromatic heterocycles. The van der Waals surface area contributed by atoms with E-state index in [4.69, 9.17) is 4.74 Å². The first-order valence-corrected chi connectivity index (χ1v) is 16.1. The molecule has 5 unspecified atom stereocenters. The molecule has 1 aromatic carbocycles. The SMILES string of the molecule is Cc1cc(Nc2ncc(F)c(NC3C4C=CC(C4)C3C(=O)O[C@H]3C[C@@H](C)CCC3C(C)C)n2)ccc1N1CCN(C)CC1. The Hall–Kier alpha value is -3.20. The molecular formula is C34H47FN6O2. The van der Waals surface area contributed by atoms with Crippen molar-refractivity contribution in [3.63, 3.8) is 0 Å². The lowest BCUT2D eigenvalue weighted by atomic mass is 9.75. The fraction of sp³-hybridized carbons (Fsp3) is 0.618. The van der Waals surface area contributed by atoms with Crippen LogP contribution >= 0.6 is 0 Å². The molecule has 9 heteroatoms. The molecule has 2 aromatic rings. The zero-order chi connectivity index (χ0) is 30.2. The van der Waals surface area contributed by atoms with Gasteiger partial charge in [0.1, 0.15) is 6.10 Å². The second kappa shape index (κ2) is 12.4. The second-order valence-electron chi connectivity index (χ2n) is 13.8. The van der Waals surface area contributed by atoms with Gasteiger partial charge in [0.05, 0.1) is 12.1 Å². The number of likely N-dealkylation sites (N-methyl/N-ethyl adjacent to an activating group) is 1. The quantitative estimate of drug-likeness (QED) is 0.285. The van der Waals surface area contributed by atoms with E-state index in [-0.39, 0.29) is 41.7 Å². The number of aryl methyl sites for hydroxylation is 1. The summed E-state index contributed by atoms with van der Waals surface area (Å²) in [5, 5.41) is 6.57. The summed E-state index contributed by atoms with van der Waals surface area (Å²) in [5.41, 5.74) is 3.24. The minimum atomic E-state index is -0.535. The lowest BCUT2D eigenvalue weighted by Crippen LogP contribution is -2.44. The number of benzene rings is 1. The molecule has 2 bridgehead atoms. The summed E-state index contributed by atoms with van der Waals surface area (Å²) in [6.07, 6.45) is 9.46. The number of aromatic nitrogens is 2. The molecule has 3 aliphatic carbocycles. The van der Waals surface area contributed by atoms with Gasteiger partial charge < -0.3 is 25.2 Å². The summed E-state index contributed by atoms with van der Waals surface area (Å²) in [6, 6.07) is 5.95.